The Morgan fingerprint density at radius 3 is 2.43 bits per heavy atom. The summed E-state index contributed by atoms with van der Waals surface area (Å²) in [4.78, 5) is 22.5. The predicted molar refractivity (Wildman–Crippen MR) is 76.5 cm³/mol. The first-order chi connectivity index (χ1) is 10.1. The second kappa shape index (κ2) is 4.79. The van der Waals surface area contributed by atoms with Crippen LogP contribution < -0.4 is 5.63 Å². The SMILES string of the molecule is O=C(O)c1cc2cc(-c3ccccc3)c(O)cc2oc1=O. The molecule has 0 unspecified atom stereocenters. The number of hydrogen-bond donors (Lipinski definition) is 2. The molecule has 0 spiro atoms. The molecule has 0 bridgehead atoms. The maximum absolute atomic E-state index is 11.5. The van der Waals surface area contributed by atoms with E-state index in [1.807, 2.05) is 30.3 Å². The summed E-state index contributed by atoms with van der Waals surface area (Å²) in [5.41, 5.74) is 0.0736. The van der Waals surface area contributed by atoms with E-state index in [1.165, 1.54) is 12.1 Å². The Balaban J connectivity index is 2.30. The molecular weight excluding hydrogens is 272 g/mol. The van der Waals surface area contributed by atoms with E-state index in [4.69, 9.17) is 9.52 Å². The average molecular weight is 282 g/mol. The molecule has 0 aliphatic rings. The van der Waals surface area contributed by atoms with Gasteiger partial charge in [-0.25, -0.2) is 9.59 Å². The molecular formula is C16H10O5. The molecule has 5 heteroatoms. The van der Waals surface area contributed by atoms with Crippen LogP contribution >= 0.6 is 0 Å². The summed E-state index contributed by atoms with van der Waals surface area (Å²) >= 11 is 0. The number of carboxylic acid groups (broad SMARTS) is 1. The van der Waals surface area contributed by atoms with E-state index in [2.05, 4.69) is 0 Å². The normalized spacial score (nSPS) is 10.7. The largest absolute Gasteiger partial charge is 0.507 e. The lowest BCUT2D eigenvalue weighted by Gasteiger charge is -2.07. The molecule has 21 heavy (non-hydrogen) atoms. The van der Waals surface area contributed by atoms with Gasteiger partial charge in [0.1, 0.15) is 16.9 Å². The molecule has 0 atom stereocenters. The molecule has 3 aromatic rings. The van der Waals surface area contributed by atoms with Gasteiger partial charge in [0.05, 0.1) is 0 Å². The summed E-state index contributed by atoms with van der Waals surface area (Å²) in [5, 5.41) is 19.4. The summed E-state index contributed by atoms with van der Waals surface area (Å²) in [5.74, 6) is -1.39. The van der Waals surface area contributed by atoms with Crippen LogP contribution in [0.15, 0.2) is 57.7 Å². The molecule has 0 saturated carbocycles. The molecule has 0 radical (unpaired) electrons. The van der Waals surface area contributed by atoms with Crippen molar-refractivity contribution in [3.8, 4) is 16.9 Å². The van der Waals surface area contributed by atoms with Crippen molar-refractivity contribution in [2.45, 2.75) is 0 Å². The number of rotatable bonds is 2. The molecule has 0 amide bonds. The minimum Gasteiger partial charge on any atom is -0.507 e. The summed E-state index contributed by atoms with van der Waals surface area (Å²) in [6.07, 6.45) is 0. The first-order valence-electron chi connectivity index (χ1n) is 6.16. The van der Waals surface area contributed by atoms with E-state index in [-0.39, 0.29) is 11.3 Å². The van der Waals surface area contributed by atoms with Crippen LogP contribution in [0, 0.1) is 0 Å². The van der Waals surface area contributed by atoms with Gasteiger partial charge in [-0.15, -0.1) is 0 Å². The van der Waals surface area contributed by atoms with Gasteiger partial charge in [-0.2, -0.15) is 0 Å². The number of fused-ring (bicyclic) bond motifs is 1. The molecule has 0 fully saturated rings. The summed E-state index contributed by atoms with van der Waals surface area (Å²) in [6, 6.07) is 13.3. The first kappa shape index (κ1) is 12.9. The number of carboxylic acids is 1. The molecule has 0 aliphatic carbocycles. The van der Waals surface area contributed by atoms with Crippen LogP contribution in [0.5, 0.6) is 5.75 Å². The van der Waals surface area contributed by atoms with E-state index in [1.54, 1.807) is 6.07 Å². The fraction of sp³-hybridized carbons (Fsp3) is 0. The average Bonchev–Trinajstić information content (AvgIpc) is 2.46. The van der Waals surface area contributed by atoms with Crippen LogP contribution in [0.3, 0.4) is 0 Å². The van der Waals surface area contributed by atoms with Crippen molar-refractivity contribution < 1.29 is 19.4 Å². The van der Waals surface area contributed by atoms with Gasteiger partial charge < -0.3 is 14.6 Å². The quantitative estimate of drug-likeness (QED) is 0.706. The van der Waals surface area contributed by atoms with Gasteiger partial charge in [0.25, 0.3) is 0 Å². The maximum Gasteiger partial charge on any atom is 0.351 e. The Hall–Kier alpha value is -3.08. The van der Waals surface area contributed by atoms with Crippen molar-refractivity contribution in [1.29, 1.82) is 0 Å². The Morgan fingerprint density at radius 1 is 1.05 bits per heavy atom. The van der Waals surface area contributed by atoms with E-state index in [0.29, 0.717) is 10.9 Å². The molecule has 1 heterocycles. The van der Waals surface area contributed by atoms with Crippen LogP contribution in [0.4, 0.5) is 0 Å². The number of carbonyl (C=O) groups is 1. The molecule has 1 aromatic heterocycles. The highest BCUT2D eigenvalue weighted by Crippen LogP contribution is 2.33. The van der Waals surface area contributed by atoms with Crippen molar-refractivity contribution in [3.63, 3.8) is 0 Å². The first-order valence-corrected chi connectivity index (χ1v) is 6.16. The van der Waals surface area contributed by atoms with Gasteiger partial charge in [-0.05, 0) is 17.7 Å². The molecule has 3 rings (SSSR count). The number of phenols is 1. The predicted octanol–water partition coefficient (Wildman–Crippen LogP) is 2.86. The number of phenolic OH excluding ortho intramolecular Hbond substituents is 1. The number of aromatic carboxylic acids is 1. The lowest BCUT2D eigenvalue weighted by molar-refractivity contribution is 0.0692. The summed E-state index contributed by atoms with van der Waals surface area (Å²) in [6.45, 7) is 0. The highest BCUT2D eigenvalue weighted by Gasteiger charge is 2.14. The van der Waals surface area contributed by atoms with E-state index >= 15 is 0 Å². The summed E-state index contributed by atoms with van der Waals surface area (Å²) < 4.78 is 4.93. The zero-order valence-corrected chi connectivity index (χ0v) is 10.7. The fourth-order valence-corrected chi connectivity index (χ4v) is 2.15. The minimum absolute atomic E-state index is 0.0417. The van der Waals surface area contributed by atoms with Crippen molar-refractivity contribution >= 4 is 16.9 Å². The highest BCUT2D eigenvalue weighted by molar-refractivity contribution is 5.93. The van der Waals surface area contributed by atoms with Crippen molar-refractivity contribution in [2.75, 3.05) is 0 Å². The Morgan fingerprint density at radius 2 is 1.76 bits per heavy atom. The Bertz CT molecular complexity index is 894. The Labute approximate surface area is 118 Å². The lowest BCUT2D eigenvalue weighted by atomic mass is 10.0. The van der Waals surface area contributed by atoms with Gasteiger partial charge in [0.15, 0.2) is 0 Å². The van der Waals surface area contributed by atoms with Gasteiger partial charge in [-0.3, -0.25) is 0 Å². The number of hydrogen-bond acceptors (Lipinski definition) is 4. The Kier molecular flexibility index (Phi) is 2.95. The van der Waals surface area contributed by atoms with Gasteiger partial charge in [-0.1, -0.05) is 30.3 Å². The zero-order valence-electron chi connectivity index (χ0n) is 10.7. The minimum atomic E-state index is -1.35. The van der Waals surface area contributed by atoms with Crippen LogP contribution in [-0.2, 0) is 0 Å². The van der Waals surface area contributed by atoms with Crippen LogP contribution in [0.2, 0.25) is 0 Å². The number of aromatic hydroxyl groups is 1. The standard InChI is InChI=1S/C16H10O5/c17-13-8-14-10(7-12(15(18)19)16(20)21-14)6-11(13)9-4-2-1-3-5-9/h1-8,17H,(H,18,19). The molecule has 2 aromatic carbocycles. The second-order valence-electron chi connectivity index (χ2n) is 4.53. The maximum atomic E-state index is 11.5. The molecule has 5 nitrogen and oxygen atoms in total. The molecule has 0 aliphatic heterocycles. The van der Waals surface area contributed by atoms with Gasteiger partial charge in [0, 0.05) is 17.0 Å². The topological polar surface area (TPSA) is 87.7 Å². The molecule has 104 valence electrons. The monoisotopic (exact) mass is 282 g/mol. The zero-order chi connectivity index (χ0) is 15.0. The third-order valence-electron chi connectivity index (χ3n) is 3.17. The van der Waals surface area contributed by atoms with Crippen molar-refractivity contribution in [3.05, 3.63) is 64.5 Å². The number of benzene rings is 2. The summed E-state index contributed by atoms with van der Waals surface area (Å²) in [7, 11) is 0. The second-order valence-corrected chi connectivity index (χ2v) is 4.53. The van der Waals surface area contributed by atoms with Crippen molar-refractivity contribution in [2.24, 2.45) is 0 Å². The van der Waals surface area contributed by atoms with E-state index in [9.17, 15) is 14.7 Å². The van der Waals surface area contributed by atoms with Crippen LogP contribution in [-0.4, -0.2) is 16.2 Å². The van der Waals surface area contributed by atoms with Gasteiger partial charge in [0.2, 0.25) is 0 Å². The third kappa shape index (κ3) is 2.25. The van der Waals surface area contributed by atoms with E-state index in [0.717, 1.165) is 5.56 Å². The van der Waals surface area contributed by atoms with E-state index < -0.39 is 17.2 Å². The third-order valence-corrected chi connectivity index (χ3v) is 3.17. The van der Waals surface area contributed by atoms with Crippen molar-refractivity contribution in [1.82, 2.24) is 0 Å². The lowest BCUT2D eigenvalue weighted by Crippen LogP contribution is -2.12. The van der Waals surface area contributed by atoms with Crippen LogP contribution in [0.1, 0.15) is 10.4 Å². The highest BCUT2D eigenvalue weighted by atomic mass is 16.4. The molecule has 2 N–H and O–H groups in total. The van der Waals surface area contributed by atoms with Crippen LogP contribution in [0.25, 0.3) is 22.1 Å². The molecule has 0 saturated heterocycles. The smallest absolute Gasteiger partial charge is 0.351 e. The fourth-order valence-electron chi connectivity index (χ4n) is 2.15. The van der Waals surface area contributed by atoms with Gasteiger partial charge >= 0.3 is 11.6 Å².